The van der Waals surface area contributed by atoms with E-state index >= 15 is 0 Å². The maximum absolute atomic E-state index is 13.6. The standard InChI is InChI=1S/C21H18ClF3N2O3/c1-10-3-4-11-7-15(26-19(28)13-9-21(13,24)25)20(29)27(2)17(11)18(10)30-16-8-12(23)5-6-14(16)22/h3-6,8,13,15H,7,9H2,1-2H3,(H,26,28)/t13-,15-/m1/s1. The third-order valence-electron chi connectivity index (χ3n) is 5.36. The van der Waals surface area contributed by atoms with E-state index in [0.29, 0.717) is 22.6 Å². The molecular weight excluding hydrogens is 421 g/mol. The summed E-state index contributed by atoms with van der Waals surface area (Å²) in [5, 5.41) is 2.64. The lowest BCUT2D eigenvalue weighted by molar-refractivity contribution is -0.129. The van der Waals surface area contributed by atoms with Crippen molar-refractivity contribution in [2.24, 2.45) is 5.92 Å². The van der Waals surface area contributed by atoms with Crippen LogP contribution in [0.4, 0.5) is 18.9 Å². The number of amides is 2. The number of hydrogen-bond acceptors (Lipinski definition) is 3. The average Bonchev–Trinajstić information content (AvgIpc) is 3.33. The van der Waals surface area contributed by atoms with Crippen LogP contribution in [0, 0.1) is 18.7 Å². The molecule has 0 radical (unpaired) electrons. The Kier molecular flexibility index (Phi) is 4.92. The third-order valence-corrected chi connectivity index (χ3v) is 5.68. The lowest BCUT2D eigenvalue weighted by Gasteiger charge is -2.33. The molecule has 0 unspecified atom stereocenters. The molecule has 30 heavy (non-hydrogen) atoms. The topological polar surface area (TPSA) is 58.6 Å². The molecule has 2 aromatic carbocycles. The van der Waals surface area contributed by atoms with Crippen LogP contribution in [-0.2, 0) is 16.0 Å². The SMILES string of the molecule is Cc1ccc2c(c1Oc1cc(F)ccc1Cl)N(C)C(=O)[C@H](NC(=O)[C@H]1CC1(F)F)C2. The Hall–Kier alpha value is -2.74. The van der Waals surface area contributed by atoms with Gasteiger partial charge in [0.25, 0.3) is 5.92 Å². The highest BCUT2D eigenvalue weighted by Crippen LogP contribution is 2.49. The summed E-state index contributed by atoms with van der Waals surface area (Å²) in [6, 6.07) is 6.29. The number of halogens is 4. The highest BCUT2D eigenvalue weighted by molar-refractivity contribution is 6.32. The second kappa shape index (κ2) is 7.19. The largest absolute Gasteiger partial charge is 0.453 e. The van der Waals surface area contributed by atoms with E-state index in [-0.39, 0.29) is 17.2 Å². The molecule has 0 spiro atoms. The predicted molar refractivity (Wildman–Crippen MR) is 105 cm³/mol. The third kappa shape index (κ3) is 3.60. The maximum Gasteiger partial charge on any atom is 0.260 e. The average molecular weight is 439 g/mol. The van der Waals surface area contributed by atoms with Crippen LogP contribution in [0.5, 0.6) is 11.5 Å². The minimum atomic E-state index is -3.01. The minimum absolute atomic E-state index is 0.0976. The lowest BCUT2D eigenvalue weighted by atomic mass is 9.95. The van der Waals surface area contributed by atoms with Crippen LogP contribution in [0.25, 0.3) is 0 Å². The van der Waals surface area contributed by atoms with E-state index in [9.17, 15) is 22.8 Å². The first-order valence-corrected chi connectivity index (χ1v) is 9.67. The quantitative estimate of drug-likeness (QED) is 0.776. The summed E-state index contributed by atoms with van der Waals surface area (Å²) in [6.45, 7) is 1.77. The van der Waals surface area contributed by atoms with Gasteiger partial charge in [0, 0.05) is 26.0 Å². The molecule has 1 aliphatic carbocycles. The van der Waals surface area contributed by atoms with Crippen molar-refractivity contribution in [3.63, 3.8) is 0 Å². The maximum atomic E-state index is 13.6. The zero-order valence-electron chi connectivity index (χ0n) is 16.1. The number of alkyl halides is 2. The lowest BCUT2D eigenvalue weighted by Crippen LogP contribution is -2.52. The number of rotatable bonds is 4. The number of ether oxygens (including phenoxy) is 1. The second-order valence-corrected chi connectivity index (χ2v) is 7.98. The first kappa shape index (κ1) is 20.5. The fourth-order valence-corrected chi connectivity index (χ4v) is 3.73. The summed E-state index contributed by atoms with van der Waals surface area (Å²) in [7, 11) is 1.50. The number of benzene rings is 2. The van der Waals surface area contributed by atoms with Crippen molar-refractivity contribution in [2.75, 3.05) is 11.9 Å². The fourth-order valence-electron chi connectivity index (χ4n) is 3.57. The molecule has 1 aliphatic heterocycles. The van der Waals surface area contributed by atoms with Crippen molar-refractivity contribution in [2.45, 2.75) is 31.7 Å². The number of carbonyl (C=O) groups excluding carboxylic acids is 2. The number of likely N-dealkylation sites (N-methyl/N-ethyl adjacent to an activating group) is 1. The van der Waals surface area contributed by atoms with E-state index in [0.717, 1.165) is 6.07 Å². The number of aryl methyl sites for hydroxylation is 1. The molecule has 2 amide bonds. The van der Waals surface area contributed by atoms with E-state index in [1.54, 1.807) is 19.1 Å². The van der Waals surface area contributed by atoms with Crippen LogP contribution in [0.1, 0.15) is 17.5 Å². The van der Waals surface area contributed by atoms with Crippen molar-refractivity contribution in [1.29, 1.82) is 0 Å². The van der Waals surface area contributed by atoms with Gasteiger partial charge in [0.15, 0.2) is 5.75 Å². The number of nitrogens with one attached hydrogen (secondary N) is 1. The number of carbonyl (C=O) groups is 2. The van der Waals surface area contributed by atoms with Crippen molar-refractivity contribution < 1.29 is 27.5 Å². The Bertz CT molecular complexity index is 1060. The molecule has 2 aromatic rings. The van der Waals surface area contributed by atoms with Crippen molar-refractivity contribution in [1.82, 2.24) is 5.32 Å². The van der Waals surface area contributed by atoms with Crippen LogP contribution in [0.15, 0.2) is 30.3 Å². The zero-order chi connectivity index (χ0) is 21.8. The molecule has 5 nitrogen and oxygen atoms in total. The summed E-state index contributed by atoms with van der Waals surface area (Å²) >= 11 is 6.10. The van der Waals surface area contributed by atoms with Gasteiger partial charge in [-0.2, -0.15) is 0 Å². The van der Waals surface area contributed by atoms with Gasteiger partial charge >= 0.3 is 0 Å². The van der Waals surface area contributed by atoms with Crippen LogP contribution in [0.2, 0.25) is 5.02 Å². The summed E-state index contributed by atoms with van der Waals surface area (Å²) in [5.74, 6) is -5.78. The molecular formula is C21H18ClF3N2O3. The molecule has 2 aliphatic rings. The van der Waals surface area contributed by atoms with Crippen molar-refractivity contribution in [3.05, 3.63) is 52.3 Å². The van der Waals surface area contributed by atoms with Crippen LogP contribution in [-0.4, -0.2) is 30.8 Å². The Labute approximate surface area is 175 Å². The van der Waals surface area contributed by atoms with E-state index in [1.807, 2.05) is 0 Å². The molecule has 0 aromatic heterocycles. The number of fused-ring (bicyclic) bond motifs is 1. The van der Waals surface area contributed by atoms with E-state index in [2.05, 4.69) is 5.32 Å². The summed E-state index contributed by atoms with van der Waals surface area (Å²) in [4.78, 5) is 26.2. The van der Waals surface area contributed by atoms with Gasteiger partial charge in [0.05, 0.1) is 10.7 Å². The van der Waals surface area contributed by atoms with E-state index in [1.165, 1.54) is 24.1 Å². The van der Waals surface area contributed by atoms with Crippen LogP contribution in [0.3, 0.4) is 0 Å². The van der Waals surface area contributed by atoms with Crippen LogP contribution < -0.4 is 15.0 Å². The molecule has 4 rings (SSSR count). The smallest absolute Gasteiger partial charge is 0.260 e. The molecule has 1 N–H and O–H groups in total. The first-order chi connectivity index (χ1) is 14.1. The van der Waals surface area contributed by atoms with Gasteiger partial charge in [0.2, 0.25) is 11.8 Å². The van der Waals surface area contributed by atoms with Gasteiger partial charge in [-0.1, -0.05) is 23.7 Å². The Balaban J connectivity index is 1.64. The highest BCUT2D eigenvalue weighted by Gasteiger charge is 2.61. The van der Waals surface area contributed by atoms with Gasteiger partial charge in [0.1, 0.15) is 23.5 Å². The number of hydrogen-bond donors (Lipinski definition) is 1. The van der Waals surface area contributed by atoms with Gasteiger partial charge in [-0.15, -0.1) is 0 Å². The molecule has 0 saturated heterocycles. The summed E-state index contributed by atoms with van der Waals surface area (Å²) < 4.78 is 45.8. The molecule has 1 fully saturated rings. The molecule has 1 saturated carbocycles. The predicted octanol–water partition coefficient (Wildman–Crippen LogP) is 4.24. The second-order valence-electron chi connectivity index (χ2n) is 7.58. The molecule has 9 heteroatoms. The monoisotopic (exact) mass is 438 g/mol. The van der Waals surface area contributed by atoms with Gasteiger partial charge in [-0.3, -0.25) is 9.59 Å². The molecule has 0 bridgehead atoms. The first-order valence-electron chi connectivity index (χ1n) is 9.29. The molecule has 1 heterocycles. The van der Waals surface area contributed by atoms with E-state index in [4.69, 9.17) is 16.3 Å². The summed E-state index contributed by atoms with van der Waals surface area (Å²) in [6.07, 6.45) is -0.381. The minimum Gasteiger partial charge on any atom is -0.453 e. The highest BCUT2D eigenvalue weighted by atomic mass is 35.5. The summed E-state index contributed by atoms with van der Waals surface area (Å²) in [5.41, 5.74) is 1.83. The van der Waals surface area contributed by atoms with Crippen LogP contribution >= 0.6 is 11.6 Å². The zero-order valence-corrected chi connectivity index (χ0v) is 16.9. The number of anilines is 1. The normalized spacial score (nSPS) is 21.8. The fraction of sp³-hybridized carbons (Fsp3) is 0.333. The Morgan fingerprint density at radius 2 is 2.00 bits per heavy atom. The van der Waals surface area contributed by atoms with Gasteiger partial charge < -0.3 is 15.0 Å². The molecule has 2 atom stereocenters. The van der Waals surface area contributed by atoms with Crippen molar-refractivity contribution >= 4 is 29.1 Å². The van der Waals surface area contributed by atoms with Crippen molar-refractivity contribution in [3.8, 4) is 11.5 Å². The van der Waals surface area contributed by atoms with Gasteiger partial charge in [-0.25, -0.2) is 13.2 Å². The van der Waals surface area contributed by atoms with Gasteiger partial charge in [-0.05, 0) is 30.2 Å². The molecule has 158 valence electrons. The van der Waals surface area contributed by atoms with E-state index < -0.39 is 41.9 Å². The Morgan fingerprint density at radius 1 is 1.30 bits per heavy atom. The number of nitrogens with zero attached hydrogens (tertiary/aromatic N) is 1. The Morgan fingerprint density at radius 3 is 2.67 bits per heavy atom.